The third kappa shape index (κ3) is 7.35. The summed E-state index contributed by atoms with van der Waals surface area (Å²) in [6.45, 7) is -0.504. The number of esters is 4. The molecule has 0 amide bonds. The van der Waals surface area contributed by atoms with Crippen LogP contribution in [-0.2, 0) is 23.7 Å². The Hall–Kier alpha value is -5.32. The average molecular weight is 597 g/mol. The second kappa shape index (κ2) is 14.2. The van der Waals surface area contributed by atoms with Crippen molar-refractivity contribution in [3.8, 4) is 0 Å². The lowest BCUT2D eigenvalue weighted by molar-refractivity contribution is -0.284. The fourth-order valence-corrected chi connectivity index (χ4v) is 4.54. The lowest BCUT2D eigenvalue weighted by Crippen LogP contribution is -2.62. The summed E-state index contributed by atoms with van der Waals surface area (Å²) in [6, 6.07) is 32.1. The van der Waals surface area contributed by atoms with Gasteiger partial charge >= 0.3 is 23.9 Å². The van der Waals surface area contributed by atoms with Crippen LogP contribution in [0.2, 0.25) is 0 Å². The molecule has 0 radical (unpaired) electrons. The molecule has 44 heavy (non-hydrogen) atoms. The second-order valence-corrected chi connectivity index (χ2v) is 9.74. The fourth-order valence-electron chi connectivity index (χ4n) is 4.54. The van der Waals surface area contributed by atoms with Gasteiger partial charge in [0.1, 0.15) is 12.7 Å². The van der Waals surface area contributed by atoms with Crippen LogP contribution in [0.3, 0.4) is 0 Å². The largest absolute Gasteiger partial charge is 0.459 e. The molecule has 1 fully saturated rings. The third-order valence-corrected chi connectivity index (χ3v) is 6.76. The van der Waals surface area contributed by atoms with E-state index in [2.05, 4.69) is 0 Å². The van der Waals surface area contributed by atoms with Gasteiger partial charge in [0.05, 0.1) is 22.3 Å². The number of ether oxygens (including phenoxy) is 5. The van der Waals surface area contributed by atoms with Crippen molar-refractivity contribution in [1.82, 2.24) is 0 Å². The lowest BCUT2D eigenvalue weighted by Gasteiger charge is -2.42. The van der Waals surface area contributed by atoms with Gasteiger partial charge in [-0.05, 0) is 48.5 Å². The van der Waals surface area contributed by atoms with Gasteiger partial charge in [-0.2, -0.15) is 0 Å². The first-order valence-corrected chi connectivity index (χ1v) is 13.7. The number of aliphatic hydroxyl groups excluding tert-OH is 1. The maximum Gasteiger partial charge on any atom is 0.338 e. The molecule has 4 aromatic carbocycles. The minimum atomic E-state index is -1.86. The Morgan fingerprint density at radius 2 is 0.841 bits per heavy atom. The number of benzene rings is 4. The predicted molar refractivity (Wildman–Crippen MR) is 155 cm³/mol. The van der Waals surface area contributed by atoms with Crippen LogP contribution in [0.4, 0.5) is 0 Å². The Bertz CT molecular complexity index is 1560. The Kier molecular flexibility index (Phi) is 9.75. The predicted octanol–water partition coefficient (Wildman–Crippen LogP) is 4.24. The van der Waals surface area contributed by atoms with Crippen LogP contribution < -0.4 is 0 Å². The summed E-state index contributed by atoms with van der Waals surface area (Å²) in [5, 5.41) is 11.1. The molecule has 1 aliphatic rings. The molecular formula is C34H28O10. The average Bonchev–Trinajstić information content (AvgIpc) is 3.07. The minimum absolute atomic E-state index is 0.154. The van der Waals surface area contributed by atoms with E-state index in [1.807, 2.05) is 0 Å². The number of aliphatic hydroxyl groups is 1. The maximum atomic E-state index is 13.3. The summed E-state index contributed by atoms with van der Waals surface area (Å²) in [5.41, 5.74) is 0.736. The molecule has 0 spiro atoms. The molecule has 224 valence electrons. The van der Waals surface area contributed by atoms with Gasteiger partial charge in [-0.15, -0.1) is 0 Å². The minimum Gasteiger partial charge on any atom is -0.459 e. The third-order valence-electron chi connectivity index (χ3n) is 6.76. The van der Waals surface area contributed by atoms with E-state index >= 15 is 0 Å². The fraction of sp³-hybridized carbons (Fsp3) is 0.176. The van der Waals surface area contributed by atoms with Crippen LogP contribution >= 0.6 is 0 Å². The molecule has 5 atom stereocenters. The zero-order valence-electron chi connectivity index (χ0n) is 23.3. The molecule has 0 aromatic heterocycles. The van der Waals surface area contributed by atoms with Crippen LogP contribution in [-0.4, -0.2) is 66.3 Å². The van der Waals surface area contributed by atoms with Gasteiger partial charge in [0.15, 0.2) is 24.6 Å². The molecule has 5 rings (SSSR count). The van der Waals surface area contributed by atoms with E-state index in [9.17, 15) is 24.3 Å². The monoisotopic (exact) mass is 596 g/mol. The van der Waals surface area contributed by atoms with Crippen LogP contribution in [0.1, 0.15) is 41.4 Å². The van der Waals surface area contributed by atoms with Crippen LogP contribution in [0.15, 0.2) is 121 Å². The summed E-state index contributed by atoms with van der Waals surface area (Å²) in [5.74, 6) is -3.21. The number of hydrogen-bond donors (Lipinski definition) is 1. The zero-order chi connectivity index (χ0) is 30.9. The van der Waals surface area contributed by atoms with Crippen molar-refractivity contribution in [2.75, 3.05) is 6.61 Å². The topological polar surface area (TPSA) is 135 Å². The summed E-state index contributed by atoms with van der Waals surface area (Å²) in [4.78, 5) is 52.3. The smallest absolute Gasteiger partial charge is 0.338 e. The Morgan fingerprint density at radius 3 is 1.25 bits per heavy atom. The number of carbonyl (C=O) groups excluding carboxylic acids is 4. The van der Waals surface area contributed by atoms with E-state index in [0.29, 0.717) is 0 Å². The molecule has 0 bridgehead atoms. The molecular weight excluding hydrogens is 568 g/mol. The van der Waals surface area contributed by atoms with E-state index in [-0.39, 0.29) is 22.3 Å². The van der Waals surface area contributed by atoms with Gasteiger partial charge in [0.2, 0.25) is 0 Å². The quantitative estimate of drug-likeness (QED) is 0.221. The molecule has 1 aliphatic heterocycles. The molecule has 4 aromatic rings. The van der Waals surface area contributed by atoms with E-state index in [0.717, 1.165) is 0 Å². The van der Waals surface area contributed by atoms with Gasteiger partial charge in [-0.25, -0.2) is 19.2 Å². The highest BCUT2D eigenvalue weighted by atomic mass is 16.7. The van der Waals surface area contributed by atoms with Crippen molar-refractivity contribution in [1.29, 1.82) is 0 Å². The summed E-state index contributed by atoms with van der Waals surface area (Å²) in [7, 11) is 0. The van der Waals surface area contributed by atoms with E-state index in [1.165, 1.54) is 36.4 Å². The van der Waals surface area contributed by atoms with Crippen LogP contribution in [0, 0.1) is 0 Å². The maximum absolute atomic E-state index is 13.3. The SMILES string of the molecule is O=C(OC[C@H]1O[C@H](O)[C@@H](OC(=O)c2ccccc2)[C@@H](OC(=O)c2ccccc2)[C@@H]1OC(=O)c1ccccc1)c1ccccc1. The van der Waals surface area contributed by atoms with E-state index in [1.54, 1.807) is 84.9 Å². The molecule has 10 nitrogen and oxygen atoms in total. The van der Waals surface area contributed by atoms with Crippen molar-refractivity contribution in [3.63, 3.8) is 0 Å². The first kappa shape index (κ1) is 30.1. The molecule has 1 N–H and O–H groups in total. The number of rotatable bonds is 9. The standard InChI is InChI=1S/C34H28O10/c35-30(22-13-5-1-6-14-22)40-21-26-27(42-31(36)23-15-7-2-8-16-23)28(43-32(37)24-17-9-3-10-18-24)29(34(39)41-26)44-33(38)25-19-11-4-12-20-25/h1-20,26-29,34,39H,21H2/t26-,27-,28+,29+,34+/m1/s1. The molecule has 10 heteroatoms. The highest BCUT2D eigenvalue weighted by Gasteiger charge is 2.52. The van der Waals surface area contributed by atoms with E-state index < -0.39 is 61.2 Å². The Balaban J connectivity index is 1.48. The van der Waals surface area contributed by atoms with Crippen molar-refractivity contribution >= 4 is 23.9 Å². The summed E-state index contributed by atoms with van der Waals surface area (Å²) < 4.78 is 28.4. The van der Waals surface area contributed by atoms with Crippen molar-refractivity contribution in [3.05, 3.63) is 144 Å². The van der Waals surface area contributed by atoms with Gasteiger partial charge in [0, 0.05) is 0 Å². The van der Waals surface area contributed by atoms with E-state index in [4.69, 9.17) is 23.7 Å². The molecule has 0 saturated carbocycles. The first-order valence-electron chi connectivity index (χ1n) is 13.7. The Labute approximate surface area is 252 Å². The van der Waals surface area contributed by atoms with Gasteiger partial charge < -0.3 is 28.8 Å². The molecule has 1 heterocycles. The van der Waals surface area contributed by atoms with Crippen molar-refractivity contribution in [2.24, 2.45) is 0 Å². The zero-order valence-corrected chi connectivity index (χ0v) is 23.3. The second-order valence-electron chi connectivity index (χ2n) is 9.74. The van der Waals surface area contributed by atoms with Gasteiger partial charge in [-0.1, -0.05) is 72.8 Å². The normalized spacial score (nSPS) is 21.0. The summed E-state index contributed by atoms with van der Waals surface area (Å²) >= 11 is 0. The Morgan fingerprint density at radius 1 is 0.500 bits per heavy atom. The van der Waals surface area contributed by atoms with Crippen molar-refractivity contribution < 1.29 is 48.0 Å². The lowest BCUT2D eigenvalue weighted by atomic mass is 9.97. The number of carbonyl (C=O) groups is 4. The molecule has 0 aliphatic carbocycles. The summed E-state index contributed by atoms with van der Waals surface area (Å²) in [6.07, 6.45) is -7.89. The van der Waals surface area contributed by atoms with Crippen LogP contribution in [0.5, 0.6) is 0 Å². The highest BCUT2D eigenvalue weighted by molar-refractivity contribution is 5.91. The highest BCUT2D eigenvalue weighted by Crippen LogP contribution is 2.30. The van der Waals surface area contributed by atoms with Crippen molar-refractivity contribution in [2.45, 2.75) is 30.7 Å². The first-order chi connectivity index (χ1) is 21.4. The van der Waals surface area contributed by atoms with Crippen LogP contribution in [0.25, 0.3) is 0 Å². The van der Waals surface area contributed by atoms with Gasteiger partial charge in [0.25, 0.3) is 0 Å². The molecule has 1 saturated heterocycles. The van der Waals surface area contributed by atoms with Gasteiger partial charge in [-0.3, -0.25) is 0 Å². The number of hydrogen-bond acceptors (Lipinski definition) is 10. The molecule has 0 unspecified atom stereocenters.